The number of hydrogen-bond donors (Lipinski definition) is 2. The van der Waals surface area contributed by atoms with Crippen LogP contribution in [-0.4, -0.2) is 23.7 Å². The number of aliphatic hydroxyl groups is 1. The van der Waals surface area contributed by atoms with Crippen LogP contribution in [0.3, 0.4) is 0 Å². The van der Waals surface area contributed by atoms with Crippen molar-refractivity contribution >= 4 is 5.91 Å². The van der Waals surface area contributed by atoms with E-state index in [-0.39, 0.29) is 24.5 Å². The van der Waals surface area contributed by atoms with Gasteiger partial charge in [0.25, 0.3) is 0 Å². The molecule has 88 valence electrons. The molecule has 0 aromatic rings. The molecule has 1 aliphatic carbocycles. The number of carbonyl (C=O) groups excluding carboxylic acids is 1. The molecule has 0 aliphatic heterocycles. The molecule has 1 rings (SSSR count). The first kappa shape index (κ1) is 12.5. The zero-order valence-electron chi connectivity index (χ0n) is 9.83. The molecule has 1 amide bonds. The average Bonchev–Trinajstić information content (AvgIpc) is 2.61. The van der Waals surface area contributed by atoms with E-state index in [1.54, 1.807) is 0 Å². The zero-order valence-corrected chi connectivity index (χ0v) is 9.83. The van der Waals surface area contributed by atoms with E-state index in [4.69, 9.17) is 5.11 Å². The van der Waals surface area contributed by atoms with Crippen LogP contribution in [0.5, 0.6) is 0 Å². The Morgan fingerprint density at radius 2 is 2.27 bits per heavy atom. The van der Waals surface area contributed by atoms with Gasteiger partial charge in [-0.25, -0.2) is 0 Å². The topological polar surface area (TPSA) is 49.3 Å². The van der Waals surface area contributed by atoms with Gasteiger partial charge in [0, 0.05) is 18.6 Å². The Morgan fingerprint density at radius 1 is 1.53 bits per heavy atom. The Bertz CT molecular complexity index is 206. The SMILES string of the molecule is CC(CCCO)NC(=O)C1CCCC1C. The lowest BCUT2D eigenvalue weighted by Crippen LogP contribution is -2.38. The van der Waals surface area contributed by atoms with Gasteiger partial charge in [-0.1, -0.05) is 13.3 Å². The van der Waals surface area contributed by atoms with Gasteiger partial charge in [-0.05, 0) is 38.5 Å². The molecular weight excluding hydrogens is 190 g/mol. The molecule has 15 heavy (non-hydrogen) atoms. The van der Waals surface area contributed by atoms with Crippen LogP contribution in [0.15, 0.2) is 0 Å². The second-order valence-corrected chi connectivity index (χ2v) is 4.79. The molecule has 3 atom stereocenters. The molecule has 0 saturated heterocycles. The molecule has 1 fully saturated rings. The first-order valence-corrected chi connectivity index (χ1v) is 6.06. The van der Waals surface area contributed by atoms with E-state index in [2.05, 4.69) is 12.2 Å². The van der Waals surface area contributed by atoms with Crippen molar-refractivity contribution in [2.24, 2.45) is 11.8 Å². The molecule has 0 aromatic carbocycles. The van der Waals surface area contributed by atoms with E-state index in [1.807, 2.05) is 6.92 Å². The third-order valence-electron chi connectivity index (χ3n) is 3.38. The van der Waals surface area contributed by atoms with E-state index in [0.717, 1.165) is 19.3 Å². The fourth-order valence-corrected chi connectivity index (χ4v) is 2.35. The summed E-state index contributed by atoms with van der Waals surface area (Å²) in [7, 11) is 0. The van der Waals surface area contributed by atoms with Gasteiger partial charge in [0.1, 0.15) is 0 Å². The van der Waals surface area contributed by atoms with Crippen LogP contribution in [0.1, 0.15) is 46.0 Å². The van der Waals surface area contributed by atoms with Crippen molar-refractivity contribution < 1.29 is 9.90 Å². The van der Waals surface area contributed by atoms with Gasteiger partial charge in [0.15, 0.2) is 0 Å². The van der Waals surface area contributed by atoms with Crippen LogP contribution in [0.2, 0.25) is 0 Å². The summed E-state index contributed by atoms with van der Waals surface area (Å²) >= 11 is 0. The van der Waals surface area contributed by atoms with Crippen molar-refractivity contribution in [3.8, 4) is 0 Å². The quantitative estimate of drug-likeness (QED) is 0.730. The van der Waals surface area contributed by atoms with Crippen LogP contribution >= 0.6 is 0 Å². The van der Waals surface area contributed by atoms with Crippen LogP contribution in [0, 0.1) is 11.8 Å². The smallest absolute Gasteiger partial charge is 0.223 e. The maximum absolute atomic E-state index is 11.9. The van der Waals surface area contributed by atoms with Crippen LogP contribution in [0.25, 0.3) is 0 Å². The minimum Gasteiger partial charge on any atom is -0.396 e. The highest BCUT2D eigenvalue weighted by atomic mass is 16.2. The summed E-state index contributed by atoms with van der Waals surface area (Å²) in [6, 6.07) is 0.192. The lowest BCUT2D eigenvalue weighted by atomic mass is 9.97. The normalized spacial score (nSPS) is 27.7. The minimum absolute atomic E-state index is 0.192. The first-order chi connectivity index (χ1) is 7.15. The fraction of sp³-hybridized carbons (Fsp3) is 0.917. The molecule has 3 nitrogen and oxygen atoms in total. The molecule has 0 bridgehead atoms. The lowest BCUT2D eigenvalue weighted by Gasteiger charge is -2.19. The Hall–Kier alpha value is -0.570. The Labute approximate surface area is 92.3 Å². The van der Waals surface area contributed by atoms with E-state index >= 15 is 0 Å². The van der Waals surface area contributed by atoms with Gasteiger partial charge in [-0.15, -0.1) is 0 Å². The summed E-state index contributed by atoms with van der Waals surface area (Å²) in [4.78, 5) is 11.9. The van der Waals surface area contributed by atoms with Crippen LogP contribution in [0.4, 0.5) is 0 Å². The number of hydrogen-bond acceptors (Lipinski definition) is 2. The summed E-state index contributed by atoms with van der Waals surface area (Å²) in [5, 5.41) is 11.7. The van der Waals surface area contributed by atoms with Gasteiger partial charge in [-0.3, -0.25) is 4.79 Å². The fourth-order valence-electron chi connectivity index (χ4n) is 2.35. The van der Waals surface area contributed by atoms with Crippen LogP contribution in [-0.2, 0) is 4.79 Å². The van der Waals surface area contributed by atoms with Gasteiger partial charge in [0.05, 0.1) is 0 Å². The molecule has 1 saturated carbocycles. The highest BCUT2D eigenvalue weighted by Gasteiger charge is 2.29. The summed E-state index contributed by atoms with van der Waals surface area (Å²) < 4.78 is 0. The molecular formula is C12H23NO2. The number of nitrogens with one attached hydrogen (secondary N) is 1. The number of carbonyl (C=O) groups is 1. The molecule has 0 heterocycles. The Kier molecular flexibility index (Phi) is 5.09. The predicted octanol–water partition coefficient (Wildman–Crippen LogP) is 1.70. The van der Waals surface area contributed by atoms with E-state index < -0.39 is 0 Å². The highest BCUT2D eigenvalue weighted by Crippen LogP contribution is 2.31. The standard InChI is InChI=1S/C12H23NO2/c1-9-5-3-7-11(9)12(15)13-10(2)6-4-8-14/h9-11,14H,3-8H2,1-2H3,(H,13,15). The lowest BCUT2D eigenvalue weighted by molar-refractivity contribution is -0.126. The minimum atomic E-state index is 0.192. The van der Waals surface area contributed by atoms with E-state index in [1.165, 1.54) is 12.8 Å². The highest BCUT2D eigenvalue weighted by molar-refractivity contribution is 5.79. The molecule has 0 aromatic heterocycles. The predicted molar refractivity (Wildman–Crippen MR) is 60.4 cm³/mol. The molecule has 1 aliphatic rings. The van der Waals surface area contributed by atoms with Gasteiger partial charge < -0.3 is 10.4 Å². The molecule has 0 spiro atoms. The maximum Gasteiger partial charge on any atom is 0.223 e. The van der Waals surface area contributed by atoms with Crippen molar-refractivity contribution in [2.45, 2.75) is 52.0 Å². The summed E-state index contributed by atoms with van der Waals surface area (Å²) in [6.07, 6.45) is 5.04. The number of amides is 1. The average molecular weight is 213 g/mol. The van der Waals surface area contributed by atoms with Crippen molar-refractivity contribution in [3.05, 3.63) is 0 Å². The number of rotatable bonds is 5. The largest absolute Gasteiger partial charge is 0.396 e. The third-order valence-corrected chi connectivity index (χ3v) is 3.38. The second kappa shape index (κ2) is 6.11. The zero-order chi connectivity index (χ0) is 11.3. The second-order valence-electron chi connectivity index (χ2n) is 4.79. The van der Waals surface area contributed by atoms with Crippen molar-refractivity contribution in [1.29, 1.82) is 0 Å². The van der Waals surface area contributed by atoms with Gasteiger partial charge in [0.2, 0.25) is 5.91 Å². The van der Waals surface area contributed by atoms with Crippen molar-refractivity contribution in [1.82, 2.24) is 5.32 Å². The van der Waals surface area contributed by atoms with Crippen molar-refractivity contribution in [3.63, 3.8) is 0 Å². The summed E-state index contributed by atoms with van der Waals surface area (Å²) in [5.74, 6) is 0.974. The van der Waals surface area contributed by atoms with Gasteiger partial charge >= 0.3 is 0 Å². The molecule has 3 heteroatoms. The van der Waals surface area contributed by atoms with Gasteiger partial charge in [-0.2, -0.15) is 0 Å². The summed E-state index contributed by atoms with van der Waals surface area (Å²) in [5.41, 5.74) is 0. The first-order valence-electron chi connectivity index (χ1n) is 6.06. The number of aliphatic hydroxyl groups excluding tert-OH is 1. The molecule has 2 N–H and O–H groups in total. The third kappa shape index (κ3) is 3.82. The monoisotopic (exact) mass is 213 g/mol. The molecule has 0 radical (unpaired) electrons. The van der Waals surface area contributed by atoms with Crippen molar-refractivity contribution in [2.75, 3.05) is 6.61 Å². The Morgan fingerprint density at radius 3 is 2.80 bits per heavy atom. The van der Waals surface area contributed by atoms with E-state index in [9.17, 15) is 4.79 Å². The van der Waals surface area contributed by atoms with Crippen LogP contribution < -0.4 is 5.32 Å². The summed E-state index contributed by atoms with van der Waals surface area (Å²) in [6.45, 7) is 4.38. The Balaban J connectivity index is 2.28. The molecule has 3 unspecified atom stereocenters. The maximum atomic E-state index is 11.9. The van der Waals surface area contributed by atoms with E-state index in [0.29, 0.717) is 5.92 Å².